The average Bonchev–Trinajstić information content (AvgIpc) is 2.71. The van der Waals surface area contributed by atoms with Crippen LogP contribution in [0.3, 0.4) is 0 Å². The first-order valence-electron chi connectivity index (χ1n) is 9.34. The van der Waals surface area contributed by atoms with E-state index in [1.54, 1.807) is 6.92 Å². The van der Waals surface area contributed by atoms with Gasteiger partial charge in [0.1, 0.15) is 23.1 Å². The van der Waals surface area contributed by atoms with Crippen molar-refractivity contribution >= 4 is 25.9 Å². The van der Waals surface area contributed by atoms with Crippen LogP contribution in [-0.2, 0) is 9.36 Å². The van der Waals surface area contributed by atoms with E-state index in [0.717, 1.165) is 12.8 Å². The van der Waals surface area contributed by atoms with Crippen molar-refractivity contribution in [1.29, 1.82) is 0 Å². The molecule has 0 saturated carbocycles. The van der Waals surface area contributed by atoms with Crippen LogP contribution in [0.15, 0.2) is 48.5 Å². The zero-order chi connectivity index (χ0) is 21.0. The van der Waals surface area contributed by atoms with Crippen molar-refractivity contribution in [1.82, 2.24) is 4.90 Å². The zero-order valence-corrected chi connectivity index (χ0v) is 18.1. The SMILES string of the molecule is CC(N)C(=O)N1CCCCC1P(=O)(Oc1ccc(F)cc1)Oc1ccc(F)cc1.Cl. The van der Waals surface area contributed by atoms with Gasteiger partial charge >= 0.3 is 7.60 Å². The smallest absolute Gasteiger partial charge is 0.415 e. The van der Waals surface area contributed by atoms with Gasteiger partial charge in [0.25, 0.3) is 0 Å². The van der Waals surface area contributed by atoms with E-state index in [1.807, 2.05) is 0 Å². The molecular formula is C20H24ClF2N2O4P. The maximum absolute atomic E-state index is 13.9. The number of halogens is 3. The molecule has 6 nitrogen and oxygen atoms in total. The molecule has 0 bridgehead atoms. The summed E-state index contributed by atoms with van der Waals surface area (Å²) in [5, 5.41) is 0. The number of piperidine rings is 1. The Kier molecular flexibility index (Phi) is 8.24. The Balaban J connectivity index is 0.00000320. The van der Waals surface area contributed by atoms with E-state index in [-0.39, 0.29) is 29.8 Å². The first-order chi connectivity index (χ1) is 13.8. The molecular weight excluding hydrogens is 437 g/mol. The van der Waals surface area contributed by atoms with Gasteiger partial charge in [0.2, 0.25) is 5.91 Å². The number of likely N-dealkylation sites (tertiary alicyclic amines) is 1. The van der Waals surface area contributed by atoms with Crippen molar-refractivity contribution in [3.05, 3.63) is 60.2 Å². The number of rotatable bonds is 6. The van der Waals surface area contributed by atoms with Crippen LogP contribution in [0.4, 0.5) is 8.78 Å². The minimum absolute atomic E-state index is 0. The molecule has 0 aromatic heterocycles. The molecule has 1 amide bonds. The highest BCUT2D eigenvalue weighted by molar-refractivity contribution is 7.55. The molecule has 1 saturated heterocycles. The number of amides is 1. The van der Waals surface area contributed by atoms with Crippen LogP contribution >= 0.6 is 20.0 Å². The number of hydrogen-bond acceptors (Lipinski definition) is 5. The predicted octanol–water partition coefficient (Wildman–Crippen LogP) is 4.72. The standard InChI is InChI=1S/C20H23F2N2O4P.ClH/c1-14(23)20(25)24-13-3-2-4-19(24)29(26,27-17-9-5-15(21)6-10-17)28-18-11-7-16(22)8-12-18;/h5-12,14,19H,2-4,13,23H2,1H3;1H. The summed E-state index contributed by atoms with van der Waals surface area (Å²) >= 11 is 0. The molecule has 2 N–H and O–H groups in total. The van der Waals surface area contributed by atoms with Gasteiger partial charge in [0.05, 0.1) is 6.04 Å². The molecule has 3 rings (SSSR count). The number of nitrogens with zero attached hydrogens (tertiary/aromatic N) is 1. The van der Waals surface area contributed by atoms with E-state index in [2.05, 4.69) is 0 Å². The molecule has 10 heteroatoms. The Morgan fingerprint density at radius 3 is 1.93 bits per heavy atom. The van der Waals surface area contributed by atoms with Gasteiger partial charge in [-0.15, -0.1) is 12.4 Å². The van der Waals surface area contributed by atoms with Gasteiger partial charge in [0, 0.05) is 6.54 Å². The lowest BCUT2D eigenvalue weighted by Crippen LogP contribution is -2.50. The van der Waals surface area contributed by atoms with Crippen LogP contribution in [0, 0.1) is 11.6 Å². The Labute approximate surface area is 180 Å². The summed E-state index contributed by atoms with van der Waals surface area (Å²) in [5.41, 5.74) is 5.76. The van der Waals surface area contributed by atoms with Crippen molar-refractivity contribution < 1.29 is 27.2 Å². The number of hydrogen-bond donors (Lipinski definition) is 1. The van der Waals surface area contributed by atoms with Crippen molar-refractivity contribution in [3.63, 3.8) is 0 Å². The summed E-state index contributed by atoms with van der Waals surface area (Å²) in [7, 11) is -4.01. The monoisotopic (exact) mass is 460 g/mol. The van der Waals surface area contributed by atoms with Gasteiger partial charge in [-0.25, -0.2) is 13.3 Å². The highest BCUT2D eigenvalue weighted by Gasteiger charge is 2.46. The lowest BCUT2D eigenvalue weighted by atomic mass is 10.1. The molecule has 2 unspecified atom stereocenters. The first kappa shape index (κ1) is 24.1. The molecule has 0 radical (unpaired) electrons. The van der Waals surface area contributed by atoms with Gasteiger partial charge in [-0.05, 0) is 74.7 Å². The van der Waals surface area contributed by atoms with Crippen LogP contribution in [0.1, 0.15) is 26.2 Å². The first-order valence-corrected chi connectivity index (χ1v) is 11.0. The highest BCUT2D eigenvalue weighted by atomic mass is 35.5. The molecule has 1 aliphatic rings. The van der Waals surface area contributed by atoms with Crippen LogP contribution in [0.2, 0.25) is 0 Å². The molecule has 2 atom stereocenters. The zero-order valence-electron chi connectivity index (χ0n) is 16.4. The minimum Gasteiger partial charge on any atom is -0.415 e. The normalized spacial score (nSPS) is 17.6. The van der Waals surface area contributed by atoms with Gasteiger partial charge in [-0.1, -0.05) is 0 Å². The molecule has 30 heavy (non-hydrogen) atoms. The van der Waals surface area contributed by atoms with E-state index >= 15 is 0 Å². The molecule has 1 aliphatic heterocycles. The van der Waals surface area contributed by atoms with E-state index in [9.17, 15) is 18.1 Å². The number of benzene rings is 2. The molecule has 2 aromatic carbocycles. The van der Waals surface area contributed by atoms with E-state index < -0.39 is 31.1 Å². The van der Waals surface area contributed by atoms with E-state index in [0.29, 0.717) is 13.0 Å². The van der Waals surface area contributed by atoms with Crippen LogP contribution in [-0.4, -0.2) is 29.2 Å². The Morgan fingerprint density at radius 2 is 1.50 bits per heavy atom. The van der Waals surface area contributed by atoms with Gasteiger partial charge in [-0.3, -0.25) is 4.79 Å². The second-order valence-electron chi connectivity index (χ2n) is 6.93. The second kappa shape index (κ2) is 10.2. The third-order valence-electron chi connectivity index (χ3n) is 4.60. The molecule has 1 heterocycles. The summed E-state index contributed by atoms with van der Waals surface area (Å²) in [6, 6.07) is 9.22. The molecule has 1 fully saturated rings. The number of carbonyl (C=O) groups is 1. The predicted molar refractivity (Wildman–Crippen MR) is 112 cm³/mol. The molecule has 0 aliphatic carbocycles. The fourth-order valence-corrected chi connectivity index (χ4v) is 5.37. The van der Waals surface area contributed by atoms with Crippen LogP contribution in [0.5, 0.6) is 11.5 Å². The highest BCUT2D eigenvalue weighted by Crippen LogP contribution is 2.56. The summed E-state index contributed by atoms with van der Waals surface area (Å²) in [6.07, 6.45) is 1.84. The maximum atomic E-state index is 13.9. The lowest BCUT2D eigenvalue weighted by Gasteiger charge is -2.39. The summed E-state index contributed by atoms with van der Waals surface area (Å²) in [5.74, 6) is -1.91. The van der Waals surface area contributed by atoms with E-state index in [4.69, 9.17) is 14.8 Å². The Hall–Kier alpha value is -2.15. The molecule has 0 spiro atoms. The average molecular weight is 461 g/mol. The minimum atomic E-state index is -4.01. The molecule has 164 valence electrons. The van der Waals surface area contributed by atoms with Crippen LogP contribution in [0.25, 0.3) is 0 Å². The van der Waals surface area contributed by atoms with Crippen molar-refractivity contribution in [2.24, 2.45) is 5.73 Å². The fourth-order valence-electron chi connectivity index (χ4n) is 3.19. The number of carbonyl (C=O) groups excluding carboxylic acids is 1. The quantitative estimate of drug-likeness (QED) is 0.631. The lowest BCUT2D eigenvalue weighted by molar-refractivity contribution is -0.134. The molecule has 2 aromatic rings. The Bertz CT molecular complexity index is 845. The summed E-state index contributed by atoms with van der Waals surface area (Å²) in [4.78, 5) is 14.1. The second-order valence-corrected chi connectivity index (χ2v) is 8.97. The third-order valence-corrected chi connectivity index (χ3v) is 6.80. The van der Waals surface area contributed by atoms with Crippen molar-refractivity contribution in [2.75, 3.05) is 6.54 Å². The largest absolute Gasteiger partial charge is 0.453 e. The third kappa shape index (κ3) is 5.72. The van der Waals surface area contributed by atoms with Crippen molar-refractivity contribution in [2.45, 2.75) is 38.0 Å². The maximum Gasteiger partial charge on any atom is 0.453 e. The van der Waals surface area contributed by atoms with Crippen LogP contribution < -0.4 is 14.8 Å². The number of nitrogens with two attached hydrogens (primary N) is 1. The Morgan fingerprint density at radius 1 is 1.03 bits per heavy atom. The summed E-state index contributed by atoms with van der Waals surface area (Å²) < 4.78 is 51.9. The van der Waals surface area contributed by atoms with Gasteiger partial charge < -0.3 is 19.7 Å². The van der Waals surface area contributed by atoms with Gasteiger partial charge in [-0.2, -0.15) is 0 Å². The topological polar surface area (TPSA) is 81.9 Å². The fraction of sp³-hybridized carbons (Fsp3) is 0.350. The van der Waals surface area contributed by atoms with Gasteiger partial charge in [0.15, 0.2) is 5.78 Å². The summed E-state index contributed by atoms with van der Waals surface area (Å²) in [6.45, 7) is 1.93. The van der Waals surface area contributed by atoms with Crippen molar-refractivity contribution in [3.8, 4) is 11.5 Å². The van der Waals surface area contributed by atoms with E-state index in [1.165, 1.54) is 53.4 Å².